The van der Waals surface area contributed by atoms with Crippen molar-refractivity contribution in [1.29, 1.82) is 0 Å². The first-order valence-corrected chi connectivity index (χ1v) is 10.7. The van der Waals surface area contributed by atoms with Crippen LogP contribution < -0.4 is 10.1 Å². The standard InChI is InChI=1S/C22H17F3N4O4S/c1-12-19-15(10-16(17-4-3-9-34-17)27-20(19)33-28-12)21(31)29(2)11-18(30)26-13-5-7-14(8-6-13)32-22(23,24)25/h3-10H,11H2,1-2H3,(H,26,30). The first kappa shape index (κ1) is 23.2. The highest BCUT2D eigenvalue weighted by Gasteiger charge is 2.31. The molecule has 0 bridgehead atoms. The number of aromatic nitrogens is 2. The summed E-state index contributed by atoms with van der Waals surface area (Å²) in [5.74, 6) is -1.39. The van der Waals surface area contributed by atoms with Crippen molar-refractivity contribution < 1.29 is 32.0 Å². The van der Waals surface area contributed by atoms with Gasteiger partial charge >= 0.3 is 6.36 Å². The molecule has 0 aliphatic carbocycles. The van der Waals surface area contributed by atoms with Gasteiger partial charge in [-0.25, -0.2) is 4.98 Å². The SMILES string of the molecule is Cc1noc2nc(-c3cccs3)cc(C(=O)N(C)CC(=O)Nc3ccc(OC(F)(F)F)cc3)c12. The predicted molar refractivity (Wildman–Crippen MR) is 119 cm³/mol. The van der Waals surface area contributed by atoms with E-state index in [1.807, 2.05) is 17.5 Å². The fraction of sp³-hybridized carbons (Fsp3) is 0.182. The number of anilines is 1. The summed E-state index contributed by atoms with van der Waals surface area (Å²) in [6, 6.07) is 10.0. The second-order valence-electron chi connectivity index (χ2n) is 7.26. The van der Waals surface area contributed by atoms with E-state index >= 15 is 0 Å². The Labute approximate surface area is 194 Å². The van der Waals surface area contributed by atoms with E-state index < -0.39 is 23.9 Å². The molecule has 0 radical (unpaired) electrons. The third-order valence-corrected chi connectivity index (χ3v) is 5.61. The highest BCUT2D eigenvalue weighted by atomic mass is 32.1. The van der Waals surface area contributed by atoms with E-state index in [1.165, 1.54) is 35.4 Å². The van der Waals surface area contributed by atoms with Crippen molar-refractivity contribution in [1.82, 2.24) is 15.0 Å². The topological polar surface area (TPSA) is 97.6 Å². The number of ether oxygens (including phenoxy) is 1. The second kappa shape index (κ2) is 9.14. The number of pyridine rings is 1. The van der Waals surface area contributed by atoms with Crippen molar-refractivity contribution in [3.05, 3.63) is 59.1 Å². The van der Waals surface area contributed by atoms with Crippen LogP contribution in [0.2, 0.25) is 0 Å². The number of benzene rings is 1. The zero-order valence-electron chi connectivity index (χ0n) is 17.8. The molecule has 12 heteroatoms. The van der Waals surface area contributed by atoms with Crippen LogP contribution in [0, 0.1) is 6.92 Å². The number of alkyl halides is 3. The van der Waals surface area contributed by atoms with E-state index in [2.05, 4.69) is 20.2 Å². The first-order chi connectivity index (χ1) is 16.1. The number of carbonyl (C=O) groups excluding carboxylic acids is 2. The second-order valence-corrected chi connectivity index (χ2v) is 8.21. The Hall–Kier alpha value is -3.93. The quantitative estimate of drug-likeness (QED) is 0.414. The van der Waals surface area contributed by atoms with E-state index in [9.17, 15) is 22.8 Å². The number of aryl methyl sites for hydroxylation is 1. The third kappa shape index (κ3) is 5.17. The largest absolute Gasteiger partial charge is 0.573 e. The van der Waals surface area contributed by atoms with Gasteiger partial charge in [-0.05, 0) is 48.7 Å². The fourth-order valence-corrected chi connectivity index (χ4v) is 3.93. The molecule has 4 rings (SSSR count). The summed E-state index contributed by atoms with van der Waals surface area (Å²) in [5.41, 5.74) is 1.78. The molecule has 3 heterocycles. The molecule has 34 heavy (non-hydrogen) atoms. The number of nitrogens with one attached hydrogen (secondary N) is 1. The molecule has 176 valence electrons. The zero-order chi connectivity index (χ0) is 24.5. The van der Waals surface area contributed by atoms with Gasteiger partial charge in [0.1, 0.15) is 5.75 Å². The minimum Gasteiger partial charge on any atom is -0.406 e. The van der Waals surface area contributed by atoms with Gasteiger partial charge in [0.2, 0.25) is 5.91 Å². The summed E-state index contributed by atoms with van der Waals surface area (Å²) >= 11 is 1.45. The van der Waals surface area contributed by atoms with Crippen LogP contribution >= 0.6 is 11.3 Å². The molecule has 3 aromatic heterocycles. The number of halogens is 3. The molecule has 0 saturated carbocycles. The lowest BCUT2D eigenvalue weighted by Gasteiger charge is -2.18. The Morgan fingerprint density at radius 2 is 1.94 bits per heavy atom. The van der Waals surface area contributed by atoms with E-state index in [-0.39, 0.29) is 23.5 Å². The summed E-state index contributed by atoms with van der Waals surface area (Å²) < 4.78 is 45.9. The highest BCUT2D eigenvalue weighted by molar-refractivity contribution is 7.13. The zero-order valence-corrected chi connectivity index (χ0v) is 18.7. The molecular weight excluding hydrogens is 473 g/mol. The molecule has 0 atom stereocenters. The Balaban J connectivity index is 1.49. The van der Waals surface area contributed by atoms with Crippen molar-refractivity contribution in [3.63, 3.8) is 0 Å². The van der Waals surface area contributed by atoms with Gasteiger partial charge in [0.15, 0.2) is 0 Å². The lowest BCUT2D eigenvalue weighted by molar-refractivity contribution is -0.274. The third-order valence-electron chi connectivity index (χ3n) is 4.72. The maximum absolute atomic E-state index is 13.2. The van der Waals surface area contributed by atoms with Crippen LogP contribution in [0.15, 0.2) is 52.4 Å². The van der Waals surface area contributed by atoms with Crippen LogP contribution in [0.25, 0.3) is 21.7 Å². The molecule has 2 amide bonds. The lowest BCUT2D eigenvalue weighted by atomic mass is 10.1. The van der Waals surface area contributed by atoms with Gasteiger partial charge in [-0.15, -0.1) is 24.5 Å². The van der Waals surface area contributed by atoms with Crippen molar-refractivity contribution in [2.75, 3.05) is 18.9 Å². The van der Waals surface area contributed by atoms with Crippen LogP contribution in [-0.4, -0.2) is 46.8 Å². The molecule has 0 aliphatic rings. The van der Waals surface area contributed by atoms with Gasteiger partial charge < -0.3 is 19.5 Å². The molecule has 1 N–H and O–H groups in total. The number of carbonyl (C=O) groups is 2. The number of amides is 2. The molecule has 0 spiro atoms. The average Bonchev–Trinajstić information content (AvgIpc) is 3.43. The maximum atomic E-state index is 13.2. The number of thiophene rings is 1. The van der Waals surface area contributed by atoms with Gasteiger partial charge in [-0.2, -0.15) is 0 Å². The van der Waals surface area contributed by atoms with Gasteiger partial charge in [-0.3, -0.25) is 9.59 Å². The van der Waals surface area contributed by atoms with E-state index in [0.717, 1.165) is 17.0 Å². The number of nitrogens with zero attached hydrogens (tertiary/aromatic N) is 3. The number of hydrogen-bond donors (Lipinski definition) is 1. The molecule has 0 saturated heterocycles. The molecule has 1 aromatic carbocycles. The van der Waals surface area contributed by atoms with Gasteiger partial charge in [0.05, 0.1) is 33.8 Å². The molecule has 0 fully saturated rings. The molecule has 8 nitrogen and oxygen atoms in total. The summed E-state index contributed by atoms with van der Waals surface area (Å²) in [6.45, 7) is 1.39. The minimum absolute atomic E-state index is 0.214. The fourth-order valence-electron chi connectivity index (χ4n) is 3.25. The van der Waals surface area contributed by atoms with Crippen LogP contribution in [0.3, 0.4) is 0 Å². The van der Waals surface area contributed by atoms with Crippen LogP contribution in [-0.2, 0) is 4.79 Å². The Bertz CT molecular complexity index is 1330. The number of fused-ring (bicyclic) bond motifs is 1. The molecule has 0 aliphatic heterocycles. The van der Waals surface area contributed by atoms with Crippen LogP contribution in [0.5, 0.6) is 5.75 Å². The Morgan fingerprint density at radius 1 is 1.21 bits per heavy atom. The maximum Gasteiger partial charge on any atom is 0.573 e. The van der Waals surface area contributed by atoms with Crippen molar-refractivity contribution in [3.8, 4) is 16.3 Å². The molecular formula is C22H17F3N4O4S. The van der Waals surface area contributed by atoms with Crippen LogP contribution in [0.1, 0.15) is 16.1 Å². The molecule has 0 unspecified atom stereocenters. The van der Waals surface area contributed by atoms with E-state index in [1.54, 1.807) is 13.0 Å². The minimum atomic E-state index is -4.81. The van der Waals surface area contributed by atoms with E-state index in [0.29, 0.717) is 16.8 Å². The summed E-state index contributed by atoms with van der Waals surface area (Å²) in [6.07, 6.45) is -4.81. The normalized spacial score (nSPS) is 11.4. The van der Waals surface area contributed by atoms with Crippen molar-refractivity contribution >= 4 is 39.9 Å². The number of hydrogen-bond acceptors (Lipinski definition) is 7. The monoisotopic (exact) mass is 490 g/mol. The van der Waals surface area contributed by atoms with Crippen molar-refractivity contribution in [2.45, 2.75) is 13.3 Å². The highest BCUT2D eigenvalue weighted by Crippen LogP contribution is 2.30. The van der Waals surface area contributed by atoms with Crippen LogP contribution in [0.4, 0.5) is 18.9 Å². The number of likely N-dealkylation sites (N-methyl/N-ethyl adjacent to an activating group) is 1. The summed E-state index contributed by atoms with van der Waals surface area (Å²) in [5, 5.41) is 8.78. The van der Waals surface area contributed by atoms with Gasteiger partial charge in [0.25, 0.3) is 11.6 Å². The lowest BCUT2D eigenvalue weighted by Crippen LogP contribution is -2.35. The first-order valence-electron chi connectivity index (χ1n) is 9.83. The Kier molecular flexibility index (Phi) is 6.24. The smallest absolute Gasteiger partial charge is 0.406 e. The summed E-state index contributed by atoms with van der Waals surface area (Å²) in [4.78, 5) is 32.2. The van der Waals surface area contributed by atoms with Gasteiger partial charge in [-0.1, -0.05) is 11.2 Å². The van der Waals surface area contributed by atoms with Gasteiger partial charge in [0, 0.05) is 12.7 Å². The van der Waals surface area contributed by atoms with E-state index in [4.69, 9.17) is 4.52 Å². The average molecular weight is 490 g/mol. The number of rotatable bonds is 6. The Morgan fingerprint density at radius 3 is 2.59 bits per heavy atom. The summed E-state index contributed by atoms with van der Waals surface area (Å²) in [7, 11) is 1.46. The predicted octanol–water partition coefficient (Wildman–Crippen LogP) is 4.87. The molecule has 4 aromatic rings. The van der Waals surface area contributed by atoms with Crippen molar-refractivity contribution in [2.24, 2.45) is 0 Å².